The van der Waals surface area contributed by atoms with Crippen LogP contribution in [0.15, 0.2) is 12.1 Å². The standard InChI is InChI=1S/C13H18ClN3O2/c14-11-8-10(13(18)19)9-12(16-11)15-4-7-17-5-2-1-3-6-17/h8-9H,1-7H2,(H,15,16)(H,18,19). The summed E-state index contributed by atoms with van der Waals surface area (Å²) >= 11 is 5.80. The molecule has 0 bridgehead atoms. The molecule has 5 nitrogen and oxygen atoms in total. The number of carbonyl (C=O) groups is 1. The molecule has 0 aromatic carbocycles. The Morgan fingerprint density at radius 1 is 1.37 bits per heavy atom. The molecule has 0 atom stereocenters. The second-order valence-electron chi connectivity index (χ2n) is 4.70. The SMILES string of the molecule is O=C(O)c1cc(Cl)nc(NCCN2CCCCC2)c1. The fraction of sp³-hybridized carbons (Fsp3) is 0.538. The summed E-state index contributed by atoms with van der Waals surface area (Å²) in [6.07, 6.45) is 3.85. The third-order valence-electron chi connectivity index (χ3n) is 3.22. The van der Waals surface area contributed by atoms with Crippen LogP contribution >= 0.6 is 11.6 Å². The van der Waals surface area contributed by atoms with Crippen molar-refractivity contribution in [1.29, 1.82) is 0 Å². The third kappa shape index (κ3) is 4.36. The number of rotatable bonds is 5. The minimum absolute atomic E-state index is 0.153. The molecular weight excluding hydrogens is 266 g/mol. The summed E-state index contributed by atoms with van der Waals surface area (Å²) in [6, 6.07) is 2.85. The van der Waals surface area contributed by atoms with E-state index in [-0.39, 0.29) is 10.7 Å². The van der Waals surface area contributed by atoms with Gasteiger partial charge in [-0.25, -0.2) is 9.78 Å². The third-order valence-corrected chi connectivity index (χ3v) is 3.42. The minimum atomic E-state index is -0.997. The molecule has 0 saturated carbocycles. The number of hydrogen-bond donors (Lipinski definition) is 2. The van der Waals surface area contributed by atoms with Crippen molar-refractivity contribution in [3.8, 4) is 0 Å². The van der Waals surface area contributed by atoms with E-state index in [0.29, 0.717) is 5.82 Å². The van der Waals surface area contributed by atoms with Crippen molar-refractivity contribution in [3.63, 3.8) is 0 Å². The van der Waals surface area contributed by atoms with Crippen LogP contribution in [-0.2, 0) is 0 Å². The lowest BCUT2D eigenvalue weighted by Gasteiger charge is -2.26. The topological polar surface area (TPSA) is 65.5 Å². The highest BCUT2D eigenvalue weighted by Gasteiger charge is 2.10. The van der Waals surface area contributed by atoms with Gasteiger partial charge in [-0.05, 0) is 38.1 Å². The molecule has 0 amide bonds. The zero-order chi connectivity index (χ0) is 13.7. The first-order valence-corrected chi connectivity index (χ1v) is 6.90. The molecule has 2 N–H and O–H groups in total. The summed E-state index contributed by atoms with van der Waals surface area (Å²) in [4.78, 5) is 17.4. The molecule has 19 heavy (non-hydrogen) atoms. The average molecular weight is 284 g/mol. The van der Waals surface area contributed by atoms with Gasteiger partial charge < -0.3 is 15.3 Å². The summed E-state index contributed by atoms with van der Waals surface area (Å²) in [7, 11) is 0. The highest BCUT2D eigenvalue weighted by molar-refractivity contribution is 6.29. The fourth-order valence-electron chi connectivity index (χ4n) is 2.24. The average Bonchev–Trinajstić information content (AvgIpc) is 2.39. The minimum Gasteiger partial charge on any atom is -0.478 e. The normalized spacial score (nSPS) is 16.3. The molecule has 2 heterocycles. The van der Waals surface area contributed by atoms with Gasteiger partial charge in [0.25, 0.3) is 0 Å². The van der Waals surface area contributed by atoms with Crippen LogP contribution < -0.4 is 5.32 Å². The van der Waals surface area contributed by atoms with Gasteiger partial charge in [0.05, 0.1) is 5.56 Å². The van der Waals surface area contributed by atoms with Crippen molar-refractivity contribution >= 4 is 23.4 Å². The number of piperidine rings is 1. The molecule has 1 aromatic rings. The zero-order valence-electron chi connectivity index (χ0n) is 10.7. The first-order chi connectivity index (χ1) is 9.15. The number of pyridine rings is 1. The molecule has 1 saturated heterocycles. The monoisotopic (exact) mass is 283 g/mol. The Balaban J connectivity index is 1.86. The number of nitrogens with zero attached hydrogens (tertiary/aromatic N) is 2. The smallest absolute Gasteiger partial charge is 0.335 e. The van der Waals surface area contributed by atoms with Gasteiger partial charge in [-0.15, -0.1) is 0 Å². The molecule has 0 unspecified atom stereocenters. The molecule has 0 radical (unpaired) electrons. The second-order valence-corrected chi connectivity index (χ2v) is 5.09. The predicted octanol–water partition coefficient (Wildman–Crippen LogP) is 2.33. The van der Waals surface area contributed by atoms with Crippen LogP contribution in [0, 0.1) is 0 Å². The van der Waals surface area contributed by atoms with Gasteiger partial charge in [0.1, 0.15) is 11.0 Å². The number of halogens is 1. The predicted molar refractivity (Wildman–Crippen MR) is 75.0 cm³/mol. The maximum absolute atomic E-state index is 10.9. The fourth-order valence-corrected chi connectivity index (χ4v) is 2.44. The van der Waals surface area contributed by atoms with E-state index in [2.05, 4.69) is 15.2 Å². The lowest BCUT2D eigenvalue weighted by atomic mass is 10.1. The molecule has 0 aliphatic carbocycles. The molecule has 1 aliphatic rings. The van der Waals surface area contributed by atoms with Gasteiger partial charge in [0, 0.05) is 13.1 Å². The Bertz CT molecular complexity index is 448. The summed E-state index contributed by atoms with van der Waals surface area (Å²) < 4.78 is 0. The number of hydrogen-bond acceptors (Lipinski definition) is 4. The van der Waals surface area contributed by atoms with Crippen molar-refractivity contribution < 1.29 is 9.90 Å². The lowest BCUT2D eigenvalue weighted by molar-refractivity contribution is 0.0697. The van der Waals surface area contributed by atoms with E-state index in [0.717, 1.165) is 26.2 Å². The van der Waals surface area contributed by atoms with Gasteiger partial charge in [-0.3, -0.25) is 0 Å². The van der Waals surface area contributed by atoms with E-state index in [9.17, 15) is 4.79 Å². The van der Waals surface area contributed by atoms with Gasteiger partial charge in [-0.2, -0.15) is 0 Å². The van der Waals surface area contributed by atoms with Crippen LogP contribution in [-0.4, -0.2) is 47.1 Å². The van der Waals surface area contributed by atoms with Gasteiger partial charge in [0.2, 0.25) is 0 Å². The first-order valence-electron chi connectivity index (χ1n) is 6.52. The number of aromatic nitrogens is 1. The lowest BCUT2D eigenvalue weighted by Crippen LogP contribution is -2.33. The van der Waals surface area contributed by atoms with Crippen LogP contribution in [0.3, 0.4) is 0 Å². The largest absolute Gasteiger partial charge is 0.478 e. The Kier molecular flexibility index (Phi) is 4.99. The molecular formula is C13H18ClN3O2. The van der Waals surface area contributed by atoms with Crippen LogP contribution in [0.1, 0.15) is 29.6 Å². The maximum atomic E-state index is 10.9. The molecule has 1 fully saturated rings. The van der Waals surface area contributed by atoms with Crippen LogP contribution in [0.4, 0.5) is 5.82 Å². The highest BCUT2D eigenvalue weighted by atomic mass is 35.5. The molecule has 1 aromatic heterocycles. The van der Waals surface area contributed by atoms with Crippen molar-refractivity contribution in [2.24, 2.45) is 0 Å². The van der Waals surface area contributed by atoms with E-state index in [1.54, 1.807) is 0 Å². The number of carboxylic acid groups (broad SMARTS) is 1. The maximum Gasteiger partial charge on any atom is 0.335 e. The van der Waals surface area contributed by atoms with Gasteiger partial charge in [-0.1, -0.05) is 18.0 Å². The Morgan fingerprint density at radius 3 is 2.79 bits per heavy atom. The van der Waals surface area contributed by atoms with E-state index in [4.69, 9.17) is 16.7 Å². The van der Waals surface area contributed by atoms with Crippen molar-refractivity contribution in [3.05, 3.63) is 22.8 Å². The number of carboxylic acids is 1. The molecule has 104 valence electrons. The number of aromatic carboxylic acids is 1. The Labute approximate surface area is 117 Å². The highest BCUT2D eigenvalue weighted by Crippen LogP contribution is 2.14. The van der Waals surface area contributed by atoms with Gasteiger partial charge >= 0.3 is 5.97 Å². The van der Waals surface area contributed by atoms with E-state index in [1.807, 2.05) is 0 Å². The summed E-state index contributed by atoms with van der Waals surface area (Å²) in [6.45, 7) is 3.97. The van der Waals surface area contributed by atoms with Crippen molar-refractivity contribution in [2.75, 3.05) is 31.5 Å². The number of anilines is 1. The number of nitrogens with one attached hydrogen (secondary N) is 1. The Hall–Kier alpha value is -1.33. The summed E-state index contributed by atoms with van der Waals surface area (Å²) in [5.41, 5.74) is 0.153. The van der Waals surface area contributed by atoms with E-state index in [1.165, 1.54) is 31.4 Å². The van der Waals surface area contributed by atoms with Crippen molar-refractivity contribution in [1.82, 2.24) is 9.88 Å². The van der Waals surface area contributed by atoms with Crippen LogP contribution in [0.25, 0.3) is 0 Å². The molecule has 1 aliphatic heterocycles. The zero-order valence-corrected chi connectivity index (χ0v) is 11.5. The Morgan fingerprint density at radius 2 is 2.11 bits per heavy atom. The second kappa shape index (κ2) is 6.73. The summed E-state index contributed by atoms with van der Waals surface area (Å²) in [5.74, 6) is -0.481. The molecule has 2 rings (SSSR count). The summed E-state index contributed by atoms with van der Waals surface area (Å²) in [5, 5.41) is 12.3. The van der Waals surface area contributed by atoms with Gasteiger partial charge in [0.15, 0.2) is 0 Å². The molecule has 0 spiro atoms. The first kappa shape index (κ1) is 14.1. The quantitative estimate of drug-likeness (QED) is 0.812. The molecule has 6 heteroatoms. The van der Waals surface area contributed by atoms with Crippen molar-refractivity contribution in [2.45, 2.75) is 19.3 Å². The van der Waals surface area contributed by atoms with Crippen LogP contribution in [0.5, 0.6) is 0 Å². The van der Waals surface area contributed by atoms with E-state index < -0.39 is 5.97 Å². The van der Waals surface area contributed by atoms with Crippen LogP contribution in [0.2, 0.25) is 5.15 Å². The van der Waals surface area contributed by atoms with E-state index >= 15 is 0 Å². The number of likely N-dealkylation sites (tertiary alicyclic amines) is 1.